The summed E-state index contributed by atoms with van der Waals surface area (Å²) in [7, 11) is 0. The Labute approximate surface area is 114 Å². The van der Waals surface area contributed by atoms with Gasteiger partial charge in [0.1, 0.15) is 5.82 Å². The lowest BCUT2D eigenvalue weighted by Crippen LogP contribution is -2.07. The largest absolute Gasteiger partial charge is 0.355 e. The number of benzene rings is 1. The Hall–Kier alpha value is -1.36. The van der Waals surface area contributed by atoms with Crippen LogP contribution < -0.4 is 5.32 Å². The molecule has 0 bridgehead atoms. The Bertz CT molecular complexity index is 525. The molecule has 0 radical (unpaired) electrons. The SMILES string of the molecule is CCCCNc1nccn1-c1ccc(F)cc1Br. The molecule has 0 spiro atoms. The highest BCUT2D eigenvalue weighted by Crippen LogP contribution is 2.24. The van der Waals surface area contributed by atoms with Crippen LogP contribution in [0.25, 0.3) is 5.69 Å². The normalized spacial score (nSPS) is 10.6. The fourth-order valence-electron chi connectivity index (χ4n) is 1.68. The van der Waals surface area contributed by atoms with Gasteiger partial charge in [-0.15, -0.1) is 0 Å². The molecule has 0 fully saturated rings. The second-order valence-electron chi connectivity index (χ2n) is 4.00. The minimum absolute atomic E-state index is 0.258. The second-order valence-corrected chi connectivity index (χ2v) is 4.85. The summed E-state index contributed by atoms with van der Waals surface area (Å²) in [6, 6.07) is 4.62. The van der Waals surface area contributed by atoms with Gasteiger partial charge in [0.15, 0.2) is 0 Å². The number of hydrogen-bond donors (Lipinski definition) is 1. The average molecular weight is 312 g/mol. The zero-order valence-corrected chi connectivity index (χ0v) is 11.7. The topological polar surface area (TPSA) is 29.9 Å². The molecule has 0 aliphatic heterocycles. The molecule has 0 atom stereocenters. The number of anilines is 1. The first-order valence-electron chi connectivity index (χ1n) is 5.95. The molecule has 2 rings (SSSR count). The van der Waals surface area contributed by atoms with E-state index in [0.717, 1.165) is 31.0 Å². The quantitative estimate of drug-likeness (QED) is 0.846. The highest BCUT2D eigenvalue weighted by molar-refractivity contribution is 9.10. The summed E-state index contributed by atoms with van der Waals surface area (Å²) in [5.74, 6) is 0.516. The van der Waals surface area contributed by atoms with E-state index in [2.05, 4.69) is 33.2 Å². The van der Waals surface area contributed by atoms with Gasteiger partial charge in [-0.05, 0) is 40.5 Å². The summed E-state index contributed by atoms with van der Waals surface area (Å²) < 4.78 is 15.7. The van der Waals surface area contributed by atoms with Gasteiger partial charge < -0.3 is 5.32 Å². The Morgan fingerprint density at radius 1 is 1.44 bits per heavy atom. The summed E-state index contributed by atoms with van der Waals surface area (Å²) in [6.45, 7) is 3.02. The predicted molar refractivity (Wildman–Crippen MR) is 74.6 cm³/mol. The van der Waals surface area contributed by atoms with Crippen molar-refractivity contribution in [1.29, 1.82) is 0 Å². The maximum absolute atomic E-state index is 13.1. The fourth-order valence-corrected chi connectivity index (χ4v) is 2.22. The maximum Gasteiger partial charge on any atom is 0.207 e. The minimum Gasteiger partial charge on any atom is -0.355 e. The third kappa shape index (κ3) is 2.90. The first-order valence-corrected chi connectivity index (χ1v) is 6.74. The van der Waals surface area contributed by atoms with E-state index in [9.17, 15) is 4.39 Å². The monoisotopic (exact) mass is 311 g/mol. The Balaban J connectivity index is 2.25. The standard InChI is InChI=1S/C13H15BrFN3/c1-2-3-6-16-13-17-7-8-18(13)12-5-4-10(15)9-11(12)14/h4-5,7-9H,2-3,6H2,1H3,(H,16,17). The van der Waals surface area contributed by atoms with Crippen LogP contribution in [0.2, 0.25) is 0 Å². The first kappa shape index (κ1) is 13.1. The summed E-state index contributed by atoms with van der Waals surface area (Å²) >= 11 is 3.37. The molecule has 0 saturated carbocycles. The van der Waals surface area contributed by atoms with Gasteiger partial charge in [-0.3, -0.25) is 4.57 Å². The van der Waals surface area contributed by atoms with Gasteiger partial charge in [0.05, 0.1) is 5.69 Å². The molecular formula is C13H15BrFN3. The van der Waals surface area contributed by atoms with E-state index in [1.165, 1.54) is 12.1 Å². The lowest BCUT2D eigenvalue weighted by Gasteiger charge is -2.11. The van der Waals surface area contributed by atoms with Crippen molar-refractivity contribution in [3.63, 3.8) is 0 Å². The lowest BCUT2D eigenvalue weighted by molar-refractivity contribution is 0.626. The Morgan fingerprint density at radius 3 is 3.00 bits per heavy atom. The molecule has 5 heteroatoms. The molecule has 18 heavy (non-hydrogen) atoms. The molecule has 96 valence electrons. The van der Waals surface area contributed by atoms with Crippen molar-refractivity contribution in [3.05, 3.63) is 40.9 Å². The van der Waals surface area contributed by atoms with Crippen LogP contribution in [0.15, 0.2) is 35.1 Å². The zero-order chi connectivity index (χ0) is 13.0. The predicted octanol–water partition coefficient (Wildman–Crippen LogP) is 3.99. The highest BCUT2D eigenvalue weighted by Gasteiger charge is 2.08. The van der Waals surface area contributed by atoms with Gasteiger partial charge in [-0.2, -0.15) is 0 Å². The maximum atomic E-state index is 13.1. The van der Waals surface area contributed by atoms with Gasteiger partial charge in [-0.25, -0.2) is 9.37 Å². The highest BCUT2D eigenvalue weighted by atomic mass is 79.9. The van der Waals surface area contributed by atoms with Gasteiger partial charge in [-0.1, -0.05) is 13.3 Å². The van der Waals surface area contributed by atoms with E-state index < -0.39 is 0 Å². The van der Waals surface area contributed by atoms with Gasteiger partial charge in [0.25, 0.3) is 0 Å². The average Bonchev–Trinajstić information content (AvgIpc) is 2.78. The number of rotatable bonds is 5. The van der Waals surface area contributed by atoms with Crippen LogP contribution >= 0.6 is 15.9 Å². The van der Waals surface area contributed by atoms with Crippen LogP contribution in [0, 0.1) is 5.82 Å². The van der Waals surface area contributed by atoms with E-state index in [4.69, 9.17) is 0 Å². The van der Waals surface area contributed by atoms with Crippen LogP contribution in [0.1, 0.15) is 19.8 Å². The molecule has 2 aromatic rings. The minimum atomic E-state index is -0.258. The molecule has 1 aromatic heterocycles. The Morgan fingerprint density at radius 2 is 2.28 bits per heavy atom. The van der Waals surface area contributed by atoms with Gasteiger partial charge >= 0.3 is 0 Å². The molecule has 0 unspecified atom stereocenters. The van der Waals surface area contributed by atoms with Gasteiger partial charge in [0, 0.05) is 23.4 Å². The van der Waals surface area contributed by atoms with E-state index in [1.54, 1.807) is 12.3 Å². The van der Waals surface area contributed by atoms with Crippen molar-refractivity contribution in [2.45, 2.75) is 19.8 Å². The molecule has 3 nitrogen and oxygen atoms in total. The smallest absolute Gasteiger partial charge is 0.207 e. The second kappa shape index (κ2) is 6.00. The molecule has 0 aliphatic rings. The van der Waals surface area contributed by atoms with Crippen molar-refractivity contribution < 1.29 is 4.39 Å². The van der Waals surface area contributed by atoms with Crippen LogP contribution in [0.4, 0.5) is 10.3 Å². The number of nitrogens with one attached hydrogen (secondary N) is 1. The van der Waals surface area contributed by atoms with E-state index in [-0.39, 0.29) is 5.82 Å². The third-order valence-electron chi connectivity index (χ3n) is 2.62. The number of aromatic nitrogens is 2. The van der Waals surface area contributed by atoms with E-state index in [1.807, 2.05) is 10.8 Å². The molecule has 1 heterocycles. The van der Waals surface area contributed by atoms with Crippen molar-refractivity contribution in [3.8, 4) is 5.69 Å². The summed E-state index contributed by atoms with van der Waals surface area (Å²) in [5, 5.41) is 3.27. The summed E-state index contributed by atoms with van der Waals surface area (Å²) in [5.41, 5.74) is 0.868. The van der Waals surface area contributed by atoms with E-state index >= 15 is 0 Å². The zero-order valence-electron chi connectivity index (χ0n) is 10.2. The third-order valence-corrected chi connectivity index (χ3v) is 3.26. The molecule has 0 aliphatic carbocycles. The molecule has 0 saturated heterocycles. The van der Waals surface area contributed by atoms with Crippen molar-refractivity contribution in [2.24, 2.45) is 0 Å². The van der Waals surface area contributed by atoms with Gasteiger partial charge in [0.2, 0.25) is 5.95 Å². The fraction of sp³-hybridized carbons (Fsp3) is 0.308. The number of unbranched alkanes of at least 4 members (excludes halogenated alkanes) is 1. The van der Waals surface area contributed by atoms with Crippen LogP contribution in [0.3, 0.4) is 0 Å². The lowest BCUT2D eigenvalue weighted by atomic mass is 10.3. The van der Waals surface area contributed by atoms with E-state index in [0.29, 0.717) is 4.47 Å². The number of nitrogens with zero attached hydrogens (tertiary/aromatic N) is 2. The van der Waals surface area contributed by atoms with Crippen molar-refractivity contribution in [2.75, 3.05) is 11.9 Å². The summed E-state index contributed by atoms with van der Waals surface area (Å²) in [6.07, 6.45) is 5.81. The molecule has 0 amide bonds. The number of halogens is 2. The molecule has 1 aromatic carbocycles. The van der Waals surface area contributed by atoms with Crippen LogP contribution in [0.5, 0.6) is 0 Å². The molecular weight excluding hydrogens is 297 g/mol. The van der Waals surface area contributed by atoms with Crippen molar-refractivity contribution >= 4 is 21.9 Å². The van der Waals surface area contributed by atoms with Crippen LogP contribution in [-0.4, -0.2) is 16.1 Å². The number of hydrogen-bond acceptors (Lipinski definition) is 2. The first-order chi connectivity index (χ1) is 8.72. The van der Waals surface area contributed by atoms with Crippen molar-refractivity contribution in [1.82, 2.24) is 9.55 Å². The molecule has 1 N–H and O–H groups in total. The Kier molecular flexibility index (Phi) is 4.36. The van der Waals surface area contributed by atoms with Crippen LogP contribution in [-0.2, 0) is 0 Å². The summed E-state index contributed by atoms with van der Waals surface area (Å²) in [4.78, 5) is 4.27. The number of imidazole rings is 1.